The summed E-state index contributed by atoms with van der Waals surface area (Å²) in [6.45, 7) is 4.60. The van der Waals surface area contributed by atoms with E-state index in [1.165, 1.54) is 0 Å². The van der Waals surface area contributed by atoms with Crippen molar-refractivity contribution < 1.29 is 9.53 Å². The molecular weight excluding hydrogens is 228 g/mol. The van der Waals surface area contributed by atoms with E-state index in [0.717, 1.165) is 0 Å². The number of hydrogen-bond acceptors (Lipinski definition) is 3. The fourth-order valence-electron chi connectivity index (χ4n) is 1.50. The van der Waals surface area contributed by atoms with Crippen molar-refractivity contribution in [3.05, 3.63) is 23.8 Å². The van der Waals surface area contributed by atoms with Gasteiger partial charge in [-0.3, -0.25) is 4.79 Å². The first-order chi connectivity index (χ1) is 8.70. The first kappa shape index (κ1) is 13.9. The molecule has 18 heavy (non-hydrogen) atoms. The summed E-state index contributed by atoms with van der Waals surface area (Å²) >= 11 is 0. The molecule has 3 N–H and O–H groups in total. The Balaban J connectivity index is 2.77. The van der Waals surface area contributed by atoms with Crippen LogP contribution < -0.4 is 15.8 Å². The SMILES string of the molecule is CC#CCCNC(=O)c1cccc(N)c1OCC. The van der Waals surface area contributed by atoms with Crippen LogP contribution in [0.1, 0.15) is 30.6 Å². The van der Waals surface area contributed by atoms with Gasteiger partial charge in [-0.05, 0) is 26.0 Å². The molecule has 0 bridgehead atoms. The first-order valence-electron chi connectivity index (χ1n) is 5.89. The minimum Gasteiger partial charge on any atom is -0.491 e. The Hall–Kier alpha value is -2.15. The molecule has 4 heteroatoms. The molecule has 0 aliphatic rings. The minimum atomic E-state index is -0.191. The van der Waals surface area contributed by atoms with Crippen LogP contribution in [0.4, 0.5) is 5.69 Å². The van der Waals surface area contributed by atoms with E-state index in [1.54, 1.807) is 25.1 Å². The zero-order chi connectivity index (χ0) is 13.4. The summed E-state index contributed by atoms with van der Waals surface area (Å²) in [5, 5.41) is 2.78. The summed E-state index contributed by atoms with van der Waals surface area (Å²) in [7, 11) is 0. The average Bonchev–Trinajstić information content (AvgIpc) is 2.37. The zero-order valence-corrected chi connectivity index (χ0v) is 10.7. The molecule has 0 aliphatic carbocycles. The second kappa shape index (κ2) is 7.23. The maximum absolute atomic E-state index is 12.0. The number of carbonyl (C=O) groups is 1. The molecule has 4 nitrogen and oxygen atoms in total. The van der Waals surface area contributed by atoms with Crippen molar-refractivity contribution >= 4 is 11.6 Å². The van der Waals surface area contributed by atoms with Crippen LogP contribution in [-0.4, -0.2) is 19.1 Å². The molecule has 1 amide bonds. The number of amides is 1. The van der Waals surface area contributed by atoms with E-state index in [9.17, 15) is 4.79 Å². The second-order valence-electron chi connectivity index (χ2n) is 3.59. The molecule has 0 saturated carbocycles. The van der Waals surface area contributed by atoms with Gasteiger partial charge < -0.3 is 15.8 Å². The maximum atomic E-state index is 12.0. The van der Waals surface area contributed by atoms with Crippen LogP contribution >= 0.6 is 0 Å². The lowest BCUT2D eigenvalue weighted by atomic mass is 10.1. The van der Waals surface area contributed by atoms with Crippen molar-refractivity contribution in [2.75, 3.05) is 18.9 Å². The fourth-order valence-corrected chi connectivity index (χ4v) is 1.50. The number of ether oxygens (including phenoxy) is 1. The van der Waals surface area contributed by atoms with Crippen molar-refractivity contribution in [1.82, 2.24) is 5.32 Å². The summed E-state index contributed by atoms with van der Waals surface area (Å²) in [5.74, 6) is 5.91. The Bertz CT molecular complexity index is 472. The van der Waals surface area contributed by atoms with Gasteiger partial charge in [0.05, 0.1) is 17.9 Å². The van der Waals surface area contributed by atoms with Gasteiger partial charge in [-0.25, -0.2) is 0 Å². The van der Waals surface area contributed by atoms with Crippen LogP contribution in [0.15, 0.2) is 18.2 Å². The van der Waals surface area contributed by atoms with E-state index in [2.05, 4.69) is 17.2 Å². The number of nitrogens with one attached hydrogen (secondary N) is 1. The first-order valence-corrected chi connectivity index (χ1v) is 5.89. The molecule has 0 radical (unpaired) electrons. The van der Waals surface area contributed by atoms with Crippen LogP contribution in [0.2, 0.25) is 0 Å². The number of nitrogens with two attached hydrogens (primary N) is 1. The number of anilines is 1. The Labute approximate surface area is 108 Å². The lowest BCUT2D eigenvalue weighted by Crippen LogP contribution is -2.25. The molecule has 0 spiro atoms. The molecule has 0 aromatic heterocycles. The van der Waals surface area contributed by atoms with E-state index < -0.39 is 0 Å². The van der Waals surface area contributed by atoms with E-state index >= 15 is 0 Å². The van der Waals surface area contributed by atoms with Crippen LogP contribution in [0.25, 0.3) is 0 Å². The van der Waals surface area contributed by atoms with Gasteiger partial charge in [0.2, 0.25) is 0 Å². The van der Waals surface area contributed by atoms with Gasteiger partial charge in [0.15, 0.2) is 5.75 Å². The summed E-state index contributed by atoms with van der Waals surface area (Å²) in [6.07, 6.45) is 0.633. The summed E-state index contributed by atoms with van der Waals surface area (Å²) in [4.78, 5) is 12.0. The number of carbonyl (C=O) groups excluding carboxylic acids is 1. The third kappa shape index (κ3) is 3.70. The molecule has 0 fully saturated rings. The fraction of sp³-hybridized carbons (Fsp3) is 0.357. The highest BCUT2D eigenvalue weighted by molar-refractivity contribution is 5.98. The highest BCUT2D eigenvalue weighted by Crippen LogP contribution is 2.26. The summed E-state index contributed by atoms with van der Waals surface area (Å²) in [5.41, 5.74) is 6.72. The average molecular weight is 246 g/mol. The molecule has 0 heterocycles. The number of rotatable bonds is 5. The molecule has 96 valence electrons. The van der Waals surface area contributed by atoms with Crippen molar-refractivity contribution in [2.45, 2.75) is 20.3 Å². The quantitative estimate of drug-likeness (QED) is 0.473. The Morgan fingerprint density at radius 2 is 2.28 bits per heavy atom. The van der Waals surface area contributed by atoms with Crippen molar-refractivity contribution in [3.8, 4) is 17.6 Å². The van der Waals surface area contributed by atoms with Crippen LogP contribution in [0.5, 0.6) is 5.75 Å². The largest absolute Gasteiger partial charge is 0.491 e. The standard InChI is InChI=1S/C14H18N2O2/c1-3-5-6-10-16-14(17)11-8-7-9-12(15)13(11)18-4-2/h7-9H,4,6,10,15H2,1-2H3,(H,16,17). The molecule has 1 aromatic carbocycles. The van der Waals surface area contributed by atoms with E-state index in [-0.39, 0.29) is 5.91 Å². The topological polar surface area (TPSA) is 64.4 Å². The molecular formula is C14H18N2O2. The minimum absolute atomic E-state index is 0.191. The molecule has 0 unspecified atom stereocenters. The van der Waals surface area contributed by atoms with Gasteiger partial charge in [-0.2, -0.15) is 0 Å². The molecule has 0 saturated heterocycles. The second-order valence-corrected chi connectivity index (χ2v) is 3.59. The molecule has 1 rings (SSSR count). The molecule has 0 aliphatic heterocycles. The predicted octanol–water partition coefficient (Wildman–Crippen LogP) is 1.81. The van der Waals surface area contributed by atoms with Crippen molar-refractivity contribution in [1.29, 1.82) is 0 Å². The number of para-hydroxylation sites is 1. The van der Waals surface area contributed by atoms with Gasteiger partial charge in [0, 0.05) is 13.0 Å². The number of nitrogen functional groups attached to an aromatic ring is 1. The molecule has 0 atom stereocenters. The summed E-state index contributed by atoms with van der Waals surface area (Å²) in [6, 6.07) is 5.14. The third-order valence-electron chi connectivity index (χ3n) is 2.29. The highest BCUT2D eigenvalue weighted by Gasteiger charge is 2.13. The number of hydrogen-bond donors (Lipinski definition) is 2. The third-order valence-corrected chi connectivity index (χ3v) is 2.29. The zero-order valence-electron chi connectivity index (χ0n) is 10.7. The Morgan fingerprint density at radius 3 is 2.94 bits per heavy atom. The predicted molar refractivity (Wildman–Crippen MR) is 72.4 cm³/mol. The Morgan fingerprint density at radius 1 is 1.50 bits per heavy atom. The maximum Gasteiger partial charge on any atom is 0.255 e. The summed E-state index contributed by atoms with van der Waals surface area (Å²) < 4.78 is 5.40. The van der Waals surface area contributed by atoms with Crippen molar-refractivity contribution in [3.63, 3.8) is 0 Å². The lowest BCUT2D eigenvalue weighted by Gasteiger charge is -2.12. The monoisotopic (exact) mass is 246 g/mol. The van der Waals surface area contributed by atoms with Gasteiger partial charge in [-0.1, -0.05) is 6.07 Å². The number of benzene rings is 1. The lowest BCUT2D eigenvalue weighted by molar-refractivity contribution is 0.0951. The van der Waals surface area contributed by atoms with E-state index in [0.29, 0.717) is 36.6 Å². The van der Waals surface area contributed by atoms with Gasteiger partial charge in [0.1, 0.15) is 0 Å². The van der Waals surface area contributed by atoms with Gasteiger partial charge >= 0.3 is 0 Å². The van der Waals surface area contributed by atoms with E-state index in [4.69, 9.17) is 10.5 Å². The smallest absolute Gasteiger partial charge is 0.255 e. The van der Waals surface area contributed by atoms with Crippen LogP contribution in [0.3, 0.4) is 0 Å². The van der Waals surface area contributed by atoms with Crippen molar-refractivity contribution in [2.24, 2.45) is 0 Å². The Kier molecular flexibility index (Phi) is 5.59. The normalized spacial score (nSPS) is 9.22. The highest BCUT2D eigenvalue weighted by atomic mass is 16.5. The van der Waals surface area contributed by atoms with E-state index in [1.807, 2.05) is 6.92 Å². The van der Waals surface area contributed by atoms with Gasteiger partial charge in [-0.15, -0.1) is 11.8 Å². The molecule has 1 aromatic rings. The van der Waals surface area contributed by atoms with Crippen LogP contribution in [0, 0.1) is 11.8 Å². The van der Waals surface area contributed by atoms with Crippen LogP contribution in [-0.2, 0) is 0 Å². The van der Waals surface area contributed by atoms with Gasteiger partial charge in [0.25, 0.3) is 5.91 Å².